The molecule has 1 atom stereocenters. The lowest BCUT2D eigenvalue weighted by Gasteiger charge is -2.12. The fourth-order valence-corrected chi connectivity index (χ4v) is 2.40. The van der Waals surface area contributed by atoms with Crippen molar-refractivity contribution in [2.75, 3.05) is 0 Å². The third kappa shape index (κ3) is 2.50. The summed E-state index contributed by atoms with van der Waals surface area (Å²) in [4.78, 5) is 0. The molecule has 0 aromatic heterocycles. The van der Waals surface area contributed by atoms with Crippen LogP contribution in [0.5, 0.6) is 0 Å². The van der Waals surface area contributed by atoms with Gasteiger partial charge in [-0.3, -0.25) is 0 Å². The molecule has 2 rings (SSSR count). The van der Waals surface area contributed by atoms with Gasteiger partial charge in [-0.05, 0) is 42.5 Å². The van der Waals surface area contributed by atoms with Gasteiger partial charge in [-0.15, -0.1) is 12.4 Å². The quantitative estimate of drug-likeness (QED) is 0.720. The molecular weight excluding hydrogens is 261 g/mol. The van der Waals surface area contributed by atoms with Gasteiger partial charge < -0.3 is 5.73 Å². The van der Waals surface area contributed by atoms with Gasteiger partial charge in [0.1, 0.15) is 0 Å². The predicted octanol–water partition coefficient (Wildman–Crippen LogP) is 3.60. The van der Waals surface area contributed by atoms with E-state index in [4.69, 9.17) is 5.73 Å². The second kappa shape index (κ2) is 5.15. The lowest BCUT2D eigenvalue weighted by molar-refractivity contribution is 0.615. The highest BCUT2D eigenvalue weighted by Gasteiger charge is 2.14. The van der Waals surface area contributed by atoms with Crippen molar-refractivity contribution in [2.24, 2.45) is 5.73 Å². The van der Waals surface area contributed by atoms with E-state index in [0.29, 0.717) is 0 Å². The smallest absolute Gasteiger partial charge is 0.0297 e. The summed E-state index contributed by atoms with van der Waals surface area (Å²) in [5.74, 6) is 0. The molecule has 0 bridgehead atoms. The molecule has 1 aromatic rings. The highest BCUT2D eigenvalue weighted by Crippen LogP contribution is 2.28. The first-order valence-corrected chi connectivity index (χ1v) is 5.60. The van der Waals surface area contributed by atoms with Gasteiger partial charge in [0, 0.05) is 10.5 Å². The molecule has 0 heterocycles. The predicted molar refractivity (Wildman–Crippen MR) is 65.9 cm³/mol. The van der Waals surface area contributed by atoms with E-state index in [1.165, 1.54) is 34.9 Å². The average molecular weight is 277 g/mol. The number of halogens is 2. The Labute approximate surface area is 99.6 Å². The van der Waals surface area contributed by atoms with Crippen LogP contribution < -0.4 is 5.73 Å². The fourth-order valence-electron chi connectivity index (χ4n) is 1.99. The highest BCUT2D eigenvalue weighted by molar-refractivity contribution is 9.10. The second-order valence-corrected chi connectivity index (χ2v) is 4.61. The lowest BCUT2D eigenvalue weighted by Crippen LogP contribution is -2.10. The fraction of sp³-hybridized carbons (Fsp3) is 0.455. The zero-order chi connectivity index (χ0) is 9.26. The van der Waals surface area contributed by atoms with Crippen LogP contribution >= 0.6 is 28.3 Å². The first-order chi connectivity index (χ1) is 6.27. The van der Waals surface area contributed by atoms with Crippen LogP contribution in [0.3, 0.4) is 0 Å². The minimum Gasteiger partial charge on any atom is -0.324 e. The number of hydrogen-bond acceptors (Lipinski definition) is 1. The molecule has 0 saturated heterocycles. The molecular formula is C11H15BrClN. The summed E-state index contributed by atoms with van der Waals surface area (Å²) in [6.07, 6.45) is 4.85. The van der Waals surface area contributed by atoms with Crippen LogP contribution in [0.15, 0.2) is 22.7 Å². The Kier molecular flexibility index (Phi) is 4.42. The van der Waals surface area contributed by atoms with Crippen molar-refractivity contribution in [3.8, 4) is 0 Å². The van der Waals surface area contributed by atoms with E-state index in [9.17, 15) is 0 Å². The van der Waals surface area contributed by atoms with Gasteiger partial charge in [0.15, 0.2) is 0 Å². The molecule has 0 fully saturated rings. The minimum absolute atomic E-state index is 0. The van der Waals surface area contributed by atoms with Crippen LogP contribution in [0.25, 0.3) is 0 Å². The Morgan fingerprint density at radius 1 is 1.29 bits per heavy atom. The molecule has 0 unspecified atom stereocenters. The first-order valence-electron chi connectivity index (χ1n) is 4.81. The first kappa shape index (κ1) is 12.0. The van der Waals surface area contributed by atoms with Gasteiger partial charge in [0.05, 0.1) is 0 Å². The third-order valence-corrected chi connectivity index (χ3v) is 3.21. The van der Waals surface area contributed by atoms with Gasteiger partial charge >= 0.3 is 0 Å². The van der Waals surface area contributed by atoms with Crippen molar-refractivity contribution in [2.45, 2.75) is 31.7 Å². The number of rotatable bonds is 0. The normalized spacial score (nSPS) is 20.6. The Balaban J connectivity index is 0.000000980. The molecule has 2 N–H and O–H groups in total. The Morgan fingerprint density at radius 3 is 2.86 bits per heavy atom. The van der Waals surface area contributed by atoms with E-state index < -0.39 is 0 Å². The molecule has 0 saturated carbocycles. The maximum Gasteiger partial charge on any atom is 0.0297 e. The van der Waals surface area contributed by atoms with Crippen molar-refractivity contribution in [1.29, 1.82) is 0 Å². The molecule has 1 nitrogen and oxygen atoms in total. The summed E-state index contributed by atoms with van der Waals surface area (Å²) in [7, 11) is 0. The molecule has 0 amide bonds. The highest BCUT2D eigenvalue weighted by atomic mass is 79.9. The third-order valence-electron chi connectivity index (χ3n) is 2.72. The van der Waals surface area contributed by atoms with Crippen LogP contribution in [-0.2, 0) is 6.42 Å². The summed E-state index contributed by atoms with van der Waals surface area (Å²) in [5.41, 5.74) is 8.86. The van der Waals surface area contributed by atoms with E-state index in [0.717, 1.165) is 6.42 Å². The second-order valence-electron chi connectivity index (χ2n) is 3.70. The van der Waals surface area contributed by atoms with Crippen molar-refractivity contribution in [3.63, 3.8) is 0 Å². The van der Waals surface area contributed by atoms with Crippen molar-refractivity contribution in [1.82, 2.24) is 0 Å². The summed E-state index contributed by atoms with van der Waals surface area (Å²) >= 11 is 3.50. The largest absolute Gasteiger partial charge is 0.324 e. The molecule has 0 spiro atoms. The summed E-state index contributed by atoms with van der Waals surface area (Å²) in [5, 5.41) is 0. The average Bonchev–Trinajstić information content (AvgIpc) is 2.28. The van der Waals surface area contributed by atoms with Crippen LogP contribution in [0.1, 0.15) is 36.4 Å². The van der Waals surface area contributed by atoms with E-state index in [1.807, 2.05) is 0 Å². The standard InChI is InChI=1S/C11H14BrN.ClH/c12-9-5-6-10-8(7-9)3-1-2-4-11(10)13;/h5-7,11H,1-4,13H2;1H/t11-;/m0./s1. The van der Waals surface area contributed by atoms with E-state index in [2.05, 4.69) is 34.1 Å². The Morgan fingerprint density at radius 2 is 2.07 bits per heavy atom. The number of nitrogens with two attached hydrogens (primary N) is 1. The lowest BCUT2D eigenvalue weighted by atomic mass is 10.0. The van der Waals surface area contributed by atoms with Crippen molar-refractivity contribution in [3.05, 3.63) is 33.8 Å². The van der Waals surface area contributed by atoms with Crippen LogP contribution in [0, 0.1) is 0 Å². The van der Waals surface area contributed by atoms with Gasteiger partial charge in [0.2, 0.25) is 0 Å². The van der Waals surface area contributed by atoms with Crippen LogP contribution in [0.2, 0.25) is 0 Å². The van der Waals surface area contributed by atoms with Crippen molar-refractivity contribution >= 4 is 28.3 Å². The zero-order valence-corrected chi connectivity index (χ0v) is 10.4. The minimum atomic E-state index is 0. The Bertz CT molecular complexity index is 314. The number of aryl methyl sites for hydroxylation is 1. The maximum atomic E-state index is 6.08. The number of benzene rings is 1. The van der Waals surface area contributed by atoms with Crippen LogP contribution in [-0.4, -0.2) is 0 Å². The topological polar surface area (TPSA) is 26.0 Å². The molecule has 1 aliphatic carbocycles. The monoisotopic (exact) mass is 275 g/mol. The SMILES string of the molecule is Cl.N[C@H]1CCCCc2cc(Br)ccc21. The summed E-state index contributed by atoms with van der Waals surface area (Å²) in [6.45, 7) is 0. The van der Waals surface area contributed by atoms with Gasteiger partial charge in [0.25, 0.3) is 0 Å². The van der Waals surface area contributed by atoms with Crippen molar-refractivity contribution < 1.29 is 0 Å². The molecule has 0 aliphatic heterocycles. The van der Waals surface area contributed by atoms with Gasteiger partial charge in [-0.25, -0.2) is 0 Å². The van der Waals surface area contributed by atoms with E-state index in [1.54, 1.807) is 0 Å². The molecule has 1 aliphatic rings. The summed E-state index contributed by atoms with van der Waals surface area (Å²) < 4.78 is 1.17. The van der Waals surface area contributed by atoms with Crippen LogP contribution in [0.4, 0.5) is 0 Å². The number of hydrogen-bond donors (Lipinski definition) is 1. The van der Waals surface area contributed by atoms with Gasteiger partial charge in [-0.2, -0.15) is 0 Å². The van der Waals surface area contributed by atoms with E-state index >= 15 is 0 Å². The zero-order valence-electron chi connectivity index (χ0n) is 8.00. The molecule has 3 heteroatoms. The Hall–Kier alpha value is -0.0500. The van der Waals surface area contributed by atoms with E-state index in [-0.39, 0.29) is 18.4 Å². The molecule has 1 aromatic carbocycles. The maximum absolute atomic E-state index is 6.08. The molecule has 14 heavy (non-hydrogen) atoms. The van der Waals surface area contributed by atoms with Gasteiger partial charge in [-0.1, -0.05) is 28.4 Å². The number of fused-ring (bicyclic) bond motifs is 1. The molecule has 0 radical (unpaired) electrons. The molecule has 78 valence electrons. The summed E-state index contributed by atoms with van der Waals surface area (Å²) in [6, 6.07) is 6.71.